The summed E-state index contributed by atoms with van der Waals surface area (Å²) in [6.45, 7) is 3.85. The van der Waals surface area contributed by atoms with Crippen molar-refractivity contribution in [1.82, 2.24) is 9.97 Å². The molecule has 0 aliphatic carbocycles. The highest BCUT2D eigenvalue weighted by Crippen LogP contribution is 2.23. The highest BCUT2D eigenvalue weighted by molar-refractivity contribution is 5.96. The zero-order valence-electron chi connectivity index (χ0n) is 14.9. The lowest BCUT2D eigenvalue weighted by molar-refractivity contribution is 0.0602. The molecule has 26 heavy (non-hydrogen) atoms. The molecule has 0 fully saturated rings. The molecule has 0 saturated heterocycles. The number of methoxy groups -OCH3 is 1. The molecule has 1 heterocycles. The van der Waals surface area contributed by atoms with Gasteiger partial charge in [-0.15, -0.1) is 0 Å². The molecule has 0 saturated carbocycles. The van der Waals surface area contributed by atoms with E-state index in [9.17, 15) is 4.79 Å². The fourth-order valence-electron chi connectivity index (χ4n) is 2.58. The minimum atomic E-state index is -0.406. The Morgan fingerprint density at radius 3 is 2.38 bits per heavy atom. The van der Waals surface area contributed by atoms with E-state index >= 15 is 0 Å². The minimum absolute atomic E-state index is 0.406. The van der Waals surface area contributed by atoms with Gasteiger partial charge >= 0.3 is 5.97 Å². The number of esters is 1. The fourth-order valence-corrected chi connectivity index (χ4v) is 2.58. The molecule has 0 unspecified atom stereocenters. The largest absolute Gasteiger partial charge is 0.465 e. The Bertz CT molecular complexity index is 941. The van der Waals surface area contributed by atoms with Crippen molar-refractivity contribution in [2.24, 2.45) is 0 Å². The third kappa shape index (κ3) is 4.16. The first-order valence-corrected chi connectivity index (χ1v) is 8.19. The Kier molecular flexibility index (Phi) is 5.12. The van der Waals surface area contributed by atoms with E-state index in [0.717, 1.165) is 11.3 Å². The Balaban J connectivity index is 1.88. The van der Waals surface area contributed by atoms with Gasteiger partial charge in [0, 0.05) is 11.8 Å². The lowest BCUT2D eigenvalue weighted by Gasteiger charge is -2.12. The Morgan fingerprint density at radius 2 is 1.65 bits per heavy atom. The molecule has 0 radical (unpaired) electrons. The third-order valence-corrected chi connectivity index (χ3v) is 3.72. The number of anilines is 4. The second-order valence-corrected chi connectivity index (χ2v) is 5.84. The van der Waals surface area contributed by atoms with E-state index in [0.29, 0.717) is 28.7 Å². The monoisotopic (exact) mass is 348 g/mol. The van der Waals surface area contributed by atoms with Crippen LogP contribution >= 0.6 is 0 Å². The number of ether oxygens (including phenoxy) is 1. The van der Waals surface area contributed by atoms with Crippen molar-refractivity contribution in [1.29, 1.82) is 0 Å². The van der Waals surface area contributed by atoms with Gasteiger partial charge in [0.1, 0.15) is 17.5 Å². The molecule has 2 aromatic carbocycles. The maximum absolute atomic E-state index is 11.9. The highest BCUT2D eigenvalue weighted by atomic mass is 16.5. The van der Waals surface area contributed by atoms with Crippen LogP contribution in [-0.4, -0.2) is 23.0 Å². The first kappa shape index (κ1) is 17.4. The molecular formula is C20H20N4O2. The van der Waals surface area contributed by atoms with Gasteiger partial charge in [0.05, 0.1) is 18.4 Å². The van der Waals surface area contributed by atoms with Crippen LogP contribution in [0.1, 0.15) is 21.7 Å². The standard InChI is InChI=1S/C20H20N4O2/c1-13-7-6-8-15(11-13)23-18-12-19(22-14(2)21-18)24-17-10-5-4-9-16(17)20(25)26-3/h4-12H,1-3H3,(H2,21,22,23,24). The molecule has 6 nitrogen and oxygen atoms in total. The lowest BCUT2D eigenvalue weighted by atomic mass is 10.2. The topological polar surface area (TPSA) is 76.1 Å². The molecular weight excluding hydrogens is 328 g/mol. The molecule has 1 aromatic heterocycles. The summed E-state index contributed by atoms with van der Waals surface area (Å²) in [5.74, 6) is 1.46. The normalized spacial score (nSPS) is 10.3. The second kappa shape index (κ2) is 7.65. The molecule has 0 atom stereocenters. The maximum atomic E-state index is 11.9. The summed E-state index contributed by atoms with van der Waals surface area (Å²) in [6.07, 6.45) is 0. The Morgan fingerprint density at radius 1 is 0.923 bits per heavy atom. The summed E-state index contributed by atoms with van der Waals surface area (Å²) < 4.78 is 4.83. The van der Waals surface area contributed by atoms with E-state index in [1.807, 2.05) is 44.2 Å². The van der Waals surface area contributed by atoms with Crippen molar-refractivity contribution in [3.8, 4) is 0 Å². The number of carbonyl (C=O) groups is 1. The SMILES string of the molecule is COC(=O)c1ccccc1Nc1cc(Nc2cccc(C)c2)nc(C)n1. The predicted molar refractivity (Wildman–Crippen MR) is 102 cm³/mol. The van der Waals surface area contributed by atoms with Gasteiger partial charge in [-0.25, -0.2) is 14.8 Å². The van der Waals surface area contributed by atoms with Crippen molar-refractivity contribution >= 4 is 29.0 Å². The first-order chi connectivity index (χ1) is 12.5. The molecule has 0 amide bonds. The van der Waals surface area contributed by atoms with Gasteiger partial charge in [0.15, 0.2) is 0 Å². The molecule has 6 heteroatoms. The Labute approximate surface area is 152 Å². The van der Waals surface area contributed by atoms with E-state index in [-0.39, 0.29) is 0 Å². The second-order valence-electron chi connectivity index (χ2n) is 5.84. The molecule has 132 valence electrons. The van der Waals surface area contributed by atoms with Gasteiger partial charge in [-0.05, 0) is 43.7 Å². The van der Waals surface area contributed by atoms with Crippen LogP contribution in [-0.2, 0) is 4.74 Å². The number of carbonyl (C=O) groups excluding carboxylic acids is 1. The van der Waals surface area contributed by atoms with E-state index < -0.39 is 5.97 Å². The summed E-state index contributed by atoms with van der Waals surface area (Å²) in [7, 11) is 1.36. The number of hydrogen-bond donors (Lipinski definition) is 2. The number of nitrogens with zero attached hydrogens (tertiary/aromatic N) is 2. The van der Waals surface area contributed by atoms with E-state index in [1.165, 1.54) is 7.11 Å². The van der Waals surface area contributed by atoms with Crippen LogP contribution in [0.3, 0.4) is 0 Å². The van der Waals surface area contributed by atoms with Crippen molar-refractivity contribution in [2.75, 3.05) is 17.7 Å². The van der Waals surface area contributed by atoms with E-state index in [4.69, 9.17) is 4.74 Å². The molecule has 0 bridgehead atoms. The Hall–Kier alpha value is -3.41. The zero-order valence-corrected chi connectivity index (χ0v) is 14.9. The minimum Gasteiger partial charge on any atom is -0.465 e. The van der Waals surface area contributed by atoms with Gasteiger partial charge in [0.25, 0.3) is 0 Å². The fraction of sp³-hybridized carbons (Fsp3) is 0.150. The van der Waals surface area contributed by atoms with E-state index in [2.05, 4.69) is 20.6 Å². The summed E-state index contributed by atoms with van der Waals surface area (Å²) in [4.78, 5) is 20.7. The van der Waals surface area contributed by atoms with Crippen LogP contribution in [0.5, 0.6) is 0 Å². The van der Waals surface area contributed by atoms with Gasteiger partial charge in [-0.1, -0.05) is 24.3 Å². The summed E-state index contributed by atoms with van der Waals surface area (Å²) in [5, 5.41) is 6.45. The number of benzene rings is 2. The van der Waals surface area contributed by atoms with Crippen molar-refractivity contribution < 1.29 is 9.53 Å². The molecule has 3 aromatic rings. The molecule has 0 aliphatic heterocycles. The van der Waals surface area contributed by atoms with Crippen LogP contribution in [0, 0.1) is 13.8 Å². The number of para-hydroxylation sites is 1. The van der Waals surface area contributed by atoms with Crippen molar-refractivity contribution in [3.05, 3.63) is 71.5 Å². The maximum Gasteiger partial charge on any atom is 0.339 e. The number of nitrogens with one attached hydrogen (secondary N) is 2. The average Bonchev–Trinajstić information content (AvgIpc) is 2.61. The van der Waals surface area contributed by atoms with Gasteiger partial charge in [-0.3, -0.25) is 0 Å². The van der Waals surface area contributed by atoms with Gasteiger partial charge < -0.3 is 15.4 Å². The van der Waals surface area contributed by atoms with Gasteiger partial charge in [-0.2, -0.15) is 0 Å². The zero-order chi connectivity index (χ0) is 18.5. The third-order valence-electron chi connectivity index (χ3n) is 3.72. The summed E-state index contributed by atoms with van der Waals surface area (Å²) >= 11 is 0. The molecule has 0 aliphatic rings. The number of hydrogen-bond acceptors (Lipinski definition) is 6. The van der Waals surface area contributed by atoms with Crippen LogP contribution < -0.4 is 10.6 Å². The summed E-state index contributed by atoms with van der Waals surface area (Å²) in [6, 6.07) is 17.0. The highest BCUT2D eigenvalue weighted by Gasteiger charge is 2.12. The smallest absolute Gasteiger partial charge is 0.339 e. The predicted octanol–water partition coefficient (Wildman–Crippen LogP) is 4.37. The van der Waals surface area contributed by atoms with Crippen LogP contribution in [0.2, 0.25) is 0 Å². The van der Waals surface area contributed by atoms with Crippen LogP contribution in [0.25, 0.3) is 0 Å². The molecule has 3 rings (SSSR count). The van der Waals surface area contributed by atoms with E-state index in [1.54, 1.807) is 24.3 Å². The van der Waals surface area contributed by atoms with Crippen molar-refractivity contribution in [3.63, 3.8) is 0 Å². The lowest BCUT2D eigenvalue weighted by Crippen LogP contribution is -2.07. The summed E-state index contributed by atoms with van der Waals surface area (Å²) in [5.41, 5.74) is 3.17. The molecule has 0 spiro atoms. The average molecular weight is 348 g/mol. The first-order valence-electron chi connectivity index (χ1n) is 8.19. The quantitative estimate of drug-likeness (QED) is 0.667. The van der Waals surface area contributed by atoms with Crippen LogP contribution in [0.15, 0.2) is 54.6 Å². The number of aryl methyl sites for hydroxylation is 2. The molecule has 2 N–H and O–H groups in total. The van der Waals surface area contributed by atoms with Crippen molar-refractivity contribution in [2.45, 2.75) is 13.8 Å². The van der Waals surface area contributed by atoms with Crippen LogP contribution in [0.4, 0.5) is 23.0 Å². The number of aromatic nitrogens is 2. The van der Waals surface area contributed by atoms with Gasteiger partial charge in [0.2, 0.25) is 0 Å². The number of rotatable bonds is 5.